The number of nitrogens with one attached hydrogen (secondary N) is 3. The van der Waals surface area contributed by atoms with Crippen LogP contribution in [0.5, 0.6) is 0 Å². The molecule has 0 bridgehead atoms. The SMILES string of the molecule is CCN(CC)c1ccc2cc(C(=O)NCCOCCC(=O)NN)c(=O)oc2c1.CCN=C=NCCC[N+](C)(C)CCOCCNC(=O)c1cc2ccc(N(CC)CC)cc2oc1=O.[I-]. The molecule has 4 rings (SSSR count). The largest absolute Gasteiger partial charge is 1.00 e. The molecule has 0 unspecified atom stereocenters. The zero-order chi connectivity index (χ0) is 46.2. The number of rotatable bonds is 25. The third kappa shape index (κ3) is 18.1. The average molecular weight is 1000 g/mol. The summed E-state index contributed by atoms with van der Waals surface area (Å²) < 4.78 is 22.5. The molecule has 2 aromatic heterocycles. The van der Waals surface area contributed by atoms with Crippen molar-refractivity contribution in [1.29, 1.82) is 0 Å². The van der Waals surface area contributed by atoms with Gasteiger partial charge in [-0.05, 0) is 71.0 Å². The molecule has 0 radical (unpaired) electrons. The van der Waals surface area contributed by atoms with Crippen LogP contribution >= 0.6 is 0 Å². The third-order valence-corrected chi connectivity index (χ3v) is 10.1. The summed E-state index contributed by atoms with van der Waals surface area (Å²) in [6.45, 7) is 18.7. The summed E-state index contributed by atoms with van der Waals surface area (Å²) >= 11 is 0. The number of quaternary nitrogens is 1. The van der Waals surface area contributed by atoms with E-state index in [9.17, 15) is 24.0 Å². The molecule has 0 aliphatic heterocycles. The number of halogens is 1. The molecule has 0 saturated carbocycles. The van der Waals surface area contributed by atoms with Gasteiger partial charge in [0.25, 0.3) is 11.8 Å². The molecule has 19 heteroatoms. The van der Waals surface area contributed by atoms with Gasteiger partial charge in [-0.3, -0.25) is 19.8 Å². The molecule has 5 N–H and O–H groups in total. The first kappa shape index (κ1) is 55.0. The zero-order valence-electron chi connectivity index (χ0n) is 38.3. The number of hydrogen-bond donors (Lipinski definition) is 4. The molecular weight excluding hydrogens is 937 g/mol. The molecule has 0 atom stereocenters. The number of fused-ring (bicyclic) bond motifs is 2. The van der Waals surface area contributed by atoms with Gasteiger partial charge in [-0.2, -0.15) is 0 Å². The van der Waals surface area contributed by atoms with Gasteiger partial charge in [-0.25, -0.2) is 25.4 Å². The van der Waals surface area contributed by atoms with Crippen molar-refractivity contribution in [3.63, 3.8) is 0 Å². The lowest BCUT2D eigenvalue weighted by Crippen LogP contribution is -3.00. The molecular formula is C45H66IN9O9. The second-order valence-corrected chi connectivity index (χ2v) is 14.9. The van der Waals surface area contributed by atoms with Crippen molar-refractivity contribution < 1.29 is 61.2 Å². The van der Waals surface area contributed by atoms with Gasteiger partial charge >= 0.3 is 11.3 Å². The maximum Gasteiger partial charge on any atom is 0.349 e. The number of carbonyl (C=O) groups excluding carboxylic acids is 3. The quantitative estimate of drug-likeness (QED) is 0.0106. The van der Waals surface area contributed by atoms with Crippen molar-refractivity contribution in [2.45, 2.75) is 47.5 Å². The smallest absolute Gasteiger partial charge is 0.349 e. The Morgan fingerprint density at radius 3 is 1.64 bits per heavy atom. The predicted molar refractivity (Wildman–Crippen MR) is 247 cm³/mol. The lowest BCUT2D eigenvalue weighted by atomic mass is 10.1. The van der Waals surface area contributed by atoms with Crippen LogP contribution in [0.2, 0.25) is 0 Å². The summed E-state index contributed by atoms with van der Waals surface area (Å²) in [6.07, 6.45) is 1.09. The van der Waals surface area contributed by atoms with Crippen molar-refractivity contribution >= 4 is 57.0 Å². The number of aliphatic imine (C=N–C) groups is 2. The number of anilines is 2. The Labute approximate surface area is 392 Å². The van der Waals surface area contributed by atoms with Crippen LogP contribution in [0.3, 0.4) is 0 Å². The fourth-order valence-corrected chi connectivity index (χ4v) is 6.36. The number of benzene rings is 2. The van der Waals surface area contributed by atoms with Crippen molar-refractivity contribution in [2.24, 2.45) is 15.8 Å². The number of nitrogens with two attached hydrogens (primary N) is 1. The van der Waals surface area contributed by atoms with E-state index in [1.165, 1.54) is 6.07 Å². The second kappa shape index (κ2) is 29.3. The highest BCUT2D eigenvalue weighted by Crippen LogP contribution is 2.23. The molecule has 0 saturated heterocycles. The Bertz CT molecular complexity index is 2270. The Morgan fingerprint density at radius 1 is 0.703 bits per heavy atom. The van der Waals surface area contributed by atoms with Crippen LogP contribution in [0.25, 0.3) is 21.9 Å². The van der Waals surface area contributed by atoms with Crippen molar-refractivity contribution in [3.8, 4) is 0 Å². The molecule has 18 nitrogen and oxygen atoms in total. The molecule has 2 aromatic carbocycles. The van der Waals surface area contributed by atoms with E-state index in [-0.39, 0.29) is 67.2 Å². The Hall–Kier alpha value is -5.18. The van der Waals surface area contributed by atoms with Crippen LogP contribution in [0.15, 0.2) is 76.9 Å². The maximum atomic E-state index is 12.5. The number of nitrogens with zero attached hydrogens (tertiary/aromatic N) is 5. The van der Waals surface area contributed by atoms with E-state index < -0.39 is 23.1 Å². The van der Waals surface area contributed by atoms with Crippen LogP contribution < -0.4 is 66.9 Å². The number of carbonyl (C=O) groups is 3. The van der Waals surface area contributed by atoms with Gasteiger partial charge in [0.15, 0.2) is 0 Å². The lowest BCUT2D eigenvalue weighted by Gasteiger charge is -2.29. The maximum absolute atomic E-state index is 12.5. The van der Waals surface area contributed by atoms with Gasteiger partial charge in [0.05, 0.1) is 66.0 Å². The molecule has 0 spiro atoms. The third-order valence-electron chi connectivity index (χ3n) is 10.1. The van der Waals surface area contributed by atoms with Crippen LogP contribution in [0.4, 0.5) is 11.4 Å². The van der Waals surface area contributed by atoms with Crippen LogP contribution in [-0.4, -0.2) is 134 Å². The highest BCUT2D eigenvalue weighted by molar-refractivity contribution is 5.97. The van der Waals surface area contributed by atoms with Crippen LogP contribution in [0.1, 0.15) is 68.2 Å². The van der Waals surface area contributed by atoms with Gasteiger partial charge in [-0.1, -0.05) is 0 Å². The van der Waals surface area contributed by atoms with Crippen molar-refractivity contribution in [2.75, 3.05) is 116 Å². The Balaban J connectivity index is 0.000000444. The summed E-state index contributed by atoms with van der Waals surface area (Å²) in [5, 5.41) is 6.72. The first-order chi connectivity index (χ1) is 30.3. The molecule has 64 heavy (non-hydrogen) atoms. The molecule has 2 heterocycles. The minimum atomic E-state index is -0.692. The highest BCUT2D eigenvalue weighted by Gasteiger charge is 2.17. The Kier molecular flexibility index (Phi) is 25.2. The van der Waals surface area contributed by atoms with E-state index in [2.05, 4.69) is 64.4 Å². The summed E-state index contributed by atoms with van der Waals surface area (Å²) in [6, 6.07) is 17.0. The first-order valence-corrected chi connectivity index (χ1v) is 21.6. The van der Waals surface area contributed by atoms with E-state index in [0.29, 0.717) is 48.2 Å². The fraction of sp³-hybridized carbons (Fsp3) is 0.511. The van der Waals surface area contributed by atoms with E-state index in [1.54, 1.807) is 12.1 Å². The number of amides is 3. The van der Waals surface area contributed by atoms with Gasteiger partial charge in [-0.15, -0.1) is 0 Å². The fourth-order valence-electron chi connectivity index (χ4n) is 6.36. The monoisotopic (exact) mass is 1000 g/mol. The van der Waals surface area contributed by atoms with E-state index >= 15 is 0 Å². The van der Waals surface area contributed by atoms with Gasteiger partial charge in [0.2, 0.25) is 5.91 Å². The molecule has 0 fully saturated rings. The molecule has 0 aliphatic rings. The summed E-state index contributed by atoms with van der Waals surface area (Å²) in [5.41, 5.74) is 3.45. The predicted octanol–water partition coefficient (Wildman–Crippen LogP) is 0.816. The van der Waals surface area contributed by atoms with E-state index in [1.807, 2.05) is 56.5 Å². The van der Waals surface area contributed by atoms with E-state index in [4.69, 9.17) is 24.2 Å². The van der Waals surface area contributed by atoms with Crippen LogP contribution in [-0.2, 0) is 14.3 Å². The number of hydrogen-bond acceptors (Lipinski definition) is 14. The second-order valence-electron chi connectivity index (χ2n) is 14.9. The standard InChI is InChI=1S/C26H39N5O4.C19H26N4O5.HI/c1-6-27-20-28-12-9-14-31(4,5)15-17-34-16-13-29-25(32)23-18-21-10-11-22(30(7-2)8-3)19-24(21)35-26(23)33;1-3-23(4-2)14-6-5-13-11-15(19(26)28-16(13)12-14)18(25)21-8-10-27-9-7-17(24)22-20;/h10-11,18-19H,6-9,12-17H2,1-5H3;5-6,11-12H,3-4,7-10,20H2,1-2H3,(H,21,25)(H,22,24);1H. The minimum absolute atomic E-state index is 0. The normalized spacial score (nSPS) is 10.8. The summed E-state index contributed by atoms with van der Waals surface area (Å²) in [7, 11) is 4.30. The first-order valence-electron chi connectivity index (χ1n) is 21.6. The summed E-state index contributed by atoms with van der Waals surface area (Å²) in [4.78, 5) is 72.7. The average Bonchev–Trinajstić information content (AvgIpc) is 3.27. The van der Waals surface area contributed by atoms with Gasteiger partial charge in [0, 0.05) is 86.5 Å². The number of ether oxygens (including phenoxy) is 2. The Morgan fingerprint density at radius 2 is 1.19 bits per heavy atom. The summed E-state index contributed by atoms with van der Waals surface area (Å²) in [5.74, 6) is 3.63. The van der Waals surface area contributed by atoms with E-state index in [0.717, 1.165) is 68.1 Å². The minimum Gasteiger partial charge on any atom is -1.00 e. The number of likely N-dealkylation sites (N-methyl/N-ethyl adjacent to an activating group) is 1. The molecule has 3 amide bonds. The topological polar surface area (TPSA) is 223 Å². The zero-order valence-corrected chi connectivity index (χ0v) is 40.5. The molecule has 0 aliphatic carbocycles. The van der Waals surface area contributed by atoms with Crippen molar-refractivity contribution in [3.05, 3.63) is 80.5 Å². The lowest BCUT2D eigenvalue weighted by molar-refractivity contribution is -0.890. The van der Waals surface area contributed by atoms with Gasteiger partial charge in [0.1, 0.15) is 28.8 Å². The highest BCUT2D eigenvalue weighted by atomic mass is 127. The molecule has 352 valence electrons. The van der Waals surface area contributed by atoms with Crippen LogP contribution in [0, 0.1) is 0 Å². The van der Waals surface area contributed by atoms with Gasteiger partial charge < -0.3 is 67.2 Å². The van der Waals surface area contributed by atoms with Crippen molar-refractivity contribution in [1.82, 2.24) is 16.1 Å². The number of hydrazine groups is 1. The molecule has 4 aromatic rings.